The van der Waals surface area contributed by atoms with Crippen molar-refractivity contribution in [1.29, 1.82) is 0 Å². The van der Waals surface area contributed by atoms with Crippen molar-refractivity contribution in [1.82, 2.24) is 71.2 Å². The van der Waals surface area contributed by atoms with Gasteiger partial charge >= 0.3 is 5.97 Å². The molecule has 722 valence electrons. The van der Waals surface area contributed by atoms with E-state index in [2.05, 4.69) is 57.2 Å². The van der Waals surface area contributed by atoms with E-state index < -0.39 is 114 Å². The van der Waals surface area contributed by atoms with Gasteiger partial charge in [0.1, 0.15) is 106 Å². The number of esters is 1. The zero-order valence-electron chi connectivity index (χ0n) is 72.6. The van der Waals surface area contributed by atoms with Gasteiger partial charge in [0.2, 0.25) is 23.6 Å². The summed E-state index contributed by atoms with van der Waals surface area (Å²) in [6.45, 7) is 10.3. The number of aliphatic hydroxyl groups is 6. The summed E-state index contributed by atoms with van der Waals surface area (Å²) in [6.07, 6.45) is -0.962. The molecule has 47 nitrogen and oxygen atoms in total. The lowest BCUT2D eigenvalue weighted by atomic mass is 9.88. The van der Waals surface area contributed by atoms with Crippen molar-refractivity contribution in [2.45, 2.75) is 200 Å². The van der Waals surface area contributed by atoms with Gasteiger partial charge in [0, 0.05) is 45.6 Å². The van der Waals surface area contributed by atoms with Gasteiger partial charge in [-0.05, 0) is 35.8 Å². The highest BCUT2D eigenvalue weighted by molar-refractivity contribution is 8.76. The second-order valence-electron chi connectivity index (χ2n) is 31.2. The van der Waals surface area contributed by atoms with E-state index in [1.807, 2.05) is 18.2 Å². The number of fused-ring (bicyclic) bond motifs is 6. The number of hydrogen-bond acceptors (Lipinski definition) is 42. The minimum absolute atomic E-state index is 0.0175. The summed E-state index contributed by atoms with van der Waals surface area (Å²) in [5.74, 6) is -1.15. The molecule has 49 heteroatoms. The maximum Gasteiger partial charge on any atom is 0.305 e. The molecule has 10 rings (SSSR count). The summed E-state index contributed by atoms with van der Waals surface area (Å²) < 4.78 is 132. The van der Waals surface area contributed by atoms with E-state index in [-0.39, 0.29) is 170 Å². The largest absolute Gasteiger partial charge is 0.465 e. The average molecular weight is 1860 g/mol. The van der Waals surface area contributed by atoms with Gasteiger partial charge in [0.05, 0.1) is 256 Å². The third-order valence-electron chi connectivity index (χ3n) is 20.8. The van der Waals surface area contributed by atoms with E-state index in [0.717, 1.165) is 5.03 Å². The van der Waals surface area contributed by atoms with Gasteiger partial charge in [-0.25, -0.2) is 19.0 Å². The number of aromatic nitrogens is 10. The summed E-state index contributed by atoms with van der Waals surface area (Å²) in [5, 5.41) is 102. The number of amides is 4. The first kappa shape index (κ1) is 104. The molecule has 0 radical (unpaired) electrons. The van der Waals surface area contributed by atoms with Crippen molar-refractivity contribution >= 4 is 51.2 Å². The zero-order valence-corrected chi connectivity index (χ0v) is 74.2. The van der Waals surface area contributed by atoms with Crippen LogP contribution in [0.1, 0.15) is 76.4 Å². The Balaban J connectivity index is 0.650. The summed E-state index contributed by atoms with van der Waals surface area (Å²) in [4.78, 5) is 65.9. The lowest BCUT2D eigenvalue weighted by molar-refractivity contribution is -0.238. The first-order valence-corrected chi connectivity index (χ1v) is 45.3. The van der Waals surface area contributed by atoms with Crippen LogP contribution >= 0.6 is 21.6 Å². The molecule has 4 aromatic rings. The Bertz CT molecular complexity index is 3540. The number of rotatable bonds is 70. The molecule has 10 heterocycles. The molecule has 128 heavy (non-hydrogen) atoms. The molecule has 10 N–H and O–H groups in total. The highest BCUT2D eigenvalue weighted by Crippen LogP contribution is 2.40. The topological polar surface area (TPSA) is 563 Å². The summed E-state index contributed by atoms with van der Waals surface area (Å²) in [7, 11) is 3.07. The SMILES string of the molecule is CC(=O)N[C@H]1[C@H]2OC[C@](COCCOCCOCCOCCn3cc(COCC(COCc4cn(CCOCCOCCOCCOC[C@@]56CO[C@@H](O5)[C@H](NC(C)=O)[C@@H](O)[C@H]6O)nn4)(COCc4cn(CCOCCOCCOCCOC[C@@]56CO[C@@H](O5)[C@H](NC(C)=O)[C@@H](O)[C@H]6O)nn4)NC(=O)CCCCCCC(=O)OCCSSc4ccccn4)nn3)(O2)[C@H](O)[C@@H]1O. The van der Waals surface area contributed by atoms with Crippen LogP contribution in [-0.2, 0) is 168 Å². The average Bonchev–Trinajstić information content (AvgIpc) is 1.61. The highest BCUT2D eigenvalue weighted by Gasteiger charge is 2.62. The van der Waals surface area contributed by atoms with E-state index in [1.54, 1.807) is 49.6 Å². The smallest absolute Gasteiger partial charge is 0.305 e. The summed E-state index contributed by atoms with van der Waals surface area (Å²) in [6, 6.07) is 2.94. The molecule has 15 atom stereocenters. The van der Waals surface area contributed by atoms with E-state index in [1.165, 1.54) is 31.6 Å². The molecule has 0 aliphatic carbocycles. The standard InChI is InChI=1S/C79H126N14O33S2/c1-55(94)81-64-67(99)70(102)77(52-121-73(64)124-77)49-114-35-32-111-29-26-108-23-20-105-17-14-91-40-58(85-88-91)43-117-46-76(84-61(97)10-6-4-5-7-12-63(98)120-38-39-127-128-62-11-8-9-13-80-62,47-118-44-59-41-92(89-86-59)15-18-106-21-24-109-27-30-112-33-36-115-50-78-53-122-74(125-78)65(82-56(2)95)68(100)71(78)103)48-119-45-60-42-93(90-87-60)16-19-107-22-25-110-28-31-113-34-37-116-51-79-54-123-75(126-79)66(83-57(3)96)69(101)72(79)104/h8-9,11,13,40-42,64-75,99-104H,4-7,10,12,14-39,43-54H2,1-3H3,(H,81,94)(H,82,95)(H,83,96)(H,84,97)/t64-,65-,66-,67-,68-,69-,70-,71-,72-,73+,74+,75+,77+,78+,79+/m1/s1. The molecule has 6 aliphatic heterocycles. The quantitative estimate of drug-likeness (QED) is 0.0115. The first-order valence-electron chi connectivity index (χ1n) is 42.9. The number of ether oxygens (including phenoxy) is 22. The molecule has 6 saturated heterocycles. The van der Waals surface area contributed by atoms with Crippen LogP contribution in [0.25, 0.3) is 0 Å². The van der Waals surface area contributed by atoms with Crippen LogP contribution in [0.4, 0.5) is 0 Å². The summed E-state index contributed by atoms with van der Waals surface area (Å²) >= 11 is 0. The number of unbranched alkanes of at least 4 members (excludes halogenated alkanes) is 3. The van der Waals surface area contributed by atoms with Crippen molar-refractivity contribution in [3.05, 3.63) is 60.1 Å². The Labute approximate surface area is 748 Å². The maximum absolute atomic E-state index is 14.2. The number of aliphatic hydroxyl groups excluding tert-OH is 6. The molecule has 6 fully saturated rings. The van der Waals surface area contributed by atoms with Gasteiger partial charge < -0.3 is 156 Å². The van der Waals surface area contributed by atoms with Crippen LogP contribution in [0, 0.1) is 0 Å². The predicted molar refractivity (Wildman–Crippen MR) is 440 cm³/mol. The Morgan fingerprint density at radius 1 is 0.438 bits per heavy atom. The molecular formula is C79H126N14O33S2. The minimum Gasteiger partial charge on any atom is -0.465 e. The van der Waals surface area contributed by atoms with Gasteiger partial charge in [-0.1, -0.05) is 45.3 Å². The lowest BCUT2D eigenvalue weighted by Gasteiger charge is -2.42. The summed E-state index contributed by atoms with van der Waals surface area (Å²) in [5.41, 5.74) is -3.68. The van der Waals surface area contributed by atoms with Crippen LogP contribution in [0.2, 0.25) is 0 Å². The number of nitrogens with zero attached hydrogens (tertiary/aromatic N) is 10. The van der Waals surface area contributed by atoms with E-state index >= 15 is 0 Å². The van der Waals surface area contributed by atoms with Crippen LogP contribution in [0.5, 0.6) is 0 Å². The van der Waals surface area contributed by atoms with Crippen LogP contribution in [0.3, 0.4) is 0 Å². The fraction of sp³-hybridized carbons (Fsp3) is 0.797. The lowest BCUT2D eigenvalue weighted by Crippen LogP contribution is -2.66. The molecule has 6 aliphatic rings. The number of nitrogens with one attached hydrogen (secondary N) is 4. The predicted octanol–water partition coefficient (Wildman–Crippen LogP) is -3.76. The normalized spacial score (nSPS) is 25.3. The monoisotopic (exact) mass is 1860 g/mol. The fourth-order valence-electron chi connectivity index (χ4n) is 14.3. The number of carbonyl (C=O) groups excluding carboxylic acids is 5. The number of hydrogen-bond donors (Lipinski definition) is 10. The fourth-order valence-corrected chi connectivity index (χ4v) is 16.0. The van der Waals surface area contributed by atoms with Crippen molar-refractivity contribution in [2.24, 2.45) is 0 Å². The molecule has 4 amide bonds. The Morgan fingerprint density at radius 2 is 0.773 bits per heavy atom. The molecule has 0 unspecified atom stereocenters. The maximum atomic E-state index is 14.2. The highest BCUT2D eigenvalue weighted by atomic mass is 33.1. The molecule has 6 bridgehead atoms. The van der Waals surface area contributed by atoms with Crippen molar-refractivity contribution < 1.29 is 159 Å². The number of carbonyl (C=O) groups is 5. The molecule has 0 aromatic carbocycles. The van der Waals surface area contributed by atoms with E-state index in [9.17, 15) is 54.6 Å². The van der Waals surface area contributed by atoms with Crippen LogP contribution < -0.4 is 21.3 Å². The van der Waals surface area contributed by atoms with Crippen molar-refractivity contribution in [3.63, 3.8) is 0 Å². The second kappa shape index (κ2) is 55.9. The molecule has 0 saturated carbocycles. The van der Waals surface area contributed by atoms with Gasteiger partial charge in [0.25, 0.3) is 0 Å². The third kappa shape index (κ3) is 34.2. The molecule has 0 spiro atoms. The second-order valence-corrected chi connectivity index (χ2v) is 33.6. The molecular weight excluding hydrogens is 1740 g/mol. The Morgan fingerprint density at radius 3 is 1.11 bits per heavy atom. The van der Waals surface area contributed by atoms with Crippen molar-refractivity contribution in [2.75, 3.05) is 211 Å². The Hall–Kier alpha value is -6.46. The van der Waals surface area contributed by atoms with Gasteiger partial charge in [-0.2, -0.15) is 0 Å². The van der Waals surface area contributed by atoms with Gasteiger partial charge in [-0.3, -0.25) is 24.0 Å². The van der Waals surface area contributed by atoms with Crippen LogP contribution in [0.15, 0.2) is 48.0 Å². The first-order chi connectivity index (χ1) is 62.2. The zero-order chi connectivity index (χ0) is 90.7. The van der Waals surface area contributed by atoms with Gasteiger partial charge in [0.15, 0.2) is 18.9 Å². The van der Waals surface area contributed by atoms with E-state index in [0.29, 0.717) is 147 Å². The van der Waals surface area contributed by atoms with E-state index in [4.69, 9.17) is 104 Å². The third-order valence-corrected chi connectivity index (χ3v) is 23.0. The minimum atomic E-state index is -1.35. The Kier molecular flexibility index (Phi) is 45.3. The van der Waals surface area contributed by atoms with Crippen molar-refractivity contribution in [3.8, 4) is 0 Å². The molecule has 4 aromatic heterocycles. The van der Waals surface area contributed by atoms with Crippen LogP contribution in [-0.4, -0.2) is 417 Å². The number of pyridine rings is 1. The van der Waals surface area contributed by atoms with Gasteiger partial charge in [-0.15, -0.1) is 15.3 Å².